The van der Waals surface area contributed by atoms with Gasteiger partial charge in [0.2, 0.25) is 0 Å². The average Bonchev–Trinajstić information content (AvgIpc) is 3.34. The summed E-state index contributed by atoms with van der Waals surface area (Å²) < 4.78 is 95.3. The summed E-state index contributed by atoms with van der Waals surface area (Å²) in [7, 11) is -6.08. The molecule has 0 aliphatic rings. The van der Waals surface area contributed by atoms with Gasteiger partial charge in [-0.05, 0) is 0 Å². The van der Waals surface area contributed by atoms with Crippen molar-refractivity contribution in [1.82, 2.24) is 0 Å². The van der Waals surface area contributed by atoms with Crippen LogP contribution in [0.3, 0.4) is 0 Å². The Hall–Kier alpha value is -6.20. The molecule has 0 N–H and O–H groups in total. The number of hydrogen-bond donors (Lipinski definition) is 0. The number of rotatable bonds is 17. The van der Waals surface area contributed by atoms with Crippen LogP contribution >= 0.6 is 14.5 Å². The molecule has 10 heteroatoms. The van der Waals surface area contributed by atoms with Gasteiger partial charge in [-0.25, -0.2) is 0 Å². The van der Waals surface area contributed by atoms with Crippen molar-refractivity contribution in [3.8, 4) is 22.6 Å². The van der Waals surface area contributed by atoms with Crippen molar-refractivity contribution < 1.29 is 35.8 Å². The molecule has 0 fully saturated rings. The van der Waals surface area contributed by atoms with E-state index in [-0.39, 0.29) is 25.2 Å². The Morgan fingerprint density at radius 1 is 0.359 bits per heavy atom. The van der Waals surface area contributed by atoms with Gasteiger partial charge in [-0.1, -0.05) is 0 Å². The molecular formula is C54H46F6O2P2. The summed E-state index contributed by atoms with van der Waals surface area (Å²) in [5.74, 6) is -3.26. The van der Waals surface area contributed by atoms with E-state index < -0.39 is 45.3 Å². The molecule has 0 atom stereocenters. The summed E-state index contributed by atoms with van der Waals surface area (Å²) in [4.78, 5) is 0. The number of halogens is 6. The van der Waals surface area contributed by atoms with Crippen molar-refractivity contribution in [3.05, 3.63) is 229 Å². The Morgan fingerprint density at radius 3 is 1.08 bits per heavy atom. The van der Waals surface area contributed by atoms with Crippen LogP contribution in [0.4, 0.5) is 26.3 Å². The Morgan fingerprint density at radius 2 is 0.703 bits per heavy atom. The molecule has 64 heavy (non-hydrogen) atoms. The van der Waals surface area contributed by atoms with Crippen molar-refractivity contribution in [2.45, 2.75) is 12.3 Å². The summed E-state index contributed by atoms with van der Waals surface area (Å²) in [6, 6.07) is 61.1. The molecule has 0 aromatic heterocycles. The minimum atomic E-state index is -3.20. The van der Waals surface area contributed by atoms with Gasteiger partial charge in [0.25, 0.3) is 0 Å². The summed E-state index contributed by atoms with van der Waals surface area (Å²) in [6.07, 6.45) is 0.861. The second-order valence-corrected chi connectivity index (χ2v) is 23.5. The van der Waals surface area contributed by atoms with Gasteiger partial charge in [0.1, 0.15) is 0 Å². The Balaban J connectivity index is 1.23. The van der Waals surface area contributed by atoms with E-state index in [9.17, 15) is 26.3 Å². The first-order chi connectivity index (χ1) is 31.2. The summed E-state index contributed by atoms with van der Waals surface area (Å²) in [5.41, 5.74) is 3.22. The van der Waals surface area contributed by atoms with Gasteiger partial charge in [0.15, 0.2) is 0 Å². The molecule has 0 radical (unpaired) electrons. The molecule has 0 bridgehead atoms. The third kappa shape index (κ3) is 9.36. The first kappa shape index (κ1) is 44.4. The topological polar surface area (TPSA) is 18.5 Å². The molecule has 2 nitrogen and oxygen atoms in total. The van der Waals surface area contributed by atoms with E-state index in [1.54, 1.807) is 12.1 Å². The van der Waals surface area contributed by atoms with Crippen LogP contribution in [-0.4, -0.2) is 26.6 Å². The maximum absolute atomic E-state index is 14.8. The van der Waals surface area contributed by atoms with Crippen molar-refractivity contribution in [1.29, 1.82) is 0 Å². The van der Waals surface area contributed by atoms with Gasteiger partial charge in [-0.2, -0.15) is 0 Å². The molecule has 0 spiro atoms. The monoisotopic (exact) mass is 902 g/mol. The second kappa shape index (κ2) is 20.1. The van der Waals surface area contributed by atoms with Gasteiger partial charge < -0.3 is 0 Å². The molecule has 326 valence electrons. The molecule has 8 aromatic rings. The zero-order chi connectivity index (χ0) is 44.5. The third-order valence-electron chi connectivity index (χ3n) is 11.9. The van der Waals surface area contributed by atoms with Crippen molar-refractivity contribution in [2.75, 3.05) is 26.6 Å². The predicted octanol–water partition coefficient (Wildman–Crippen LogP) is 11.1. The molecule has 0 saturated carbocycles. The van der Waals surface area contributed by atoms with E-state index in [0.29, 0.717) is 23.2 Å². The predicted molar refractivity (Wildman–Crippen MR) is 255 cm³/mol. The quantitative estimate of drug-likeness (QED) is 0.0515. The third-order valence-corrected chi connectivity index (χ3v) is 21.7. The summed E-state index contributed by atoms with van der Waals surface area (Å²) >= 11 is 0. The van der Waals surface area contributed by atoms with Crippen LogP contribution in [0.1, 0.15) is 11.1 Å². The molecule has 8 rings (SSSR count). The van der Waals surface area contributed by atoms with E-state index in [4.69, 9.17) is 9.47 Å². The molecular weight excluding hydrogens is 857 g/mol. The SMILES string of the molecule is FCCOc1ccc([PH](Cc2ccc(F)cc2)(c2ccccc2)c2ccc(-c3ccc([PH](Cc4cc(F)c(F)c(F)c4)(c4ccccc4)c4ccc(OCCF)cc4)cc3)cc2)cc1. The Kier molecular flexibility index (Phi) is 13.9. The molecule has 8 aromatic carbocycles. The number of alkyl halides is 2. The molecule has 0 aliphatic heterocycles. The molecule has 0 aliphatic carbocycles. The van der Waals surface area contributed by atoms with E-state index in [0.717, 1.165) is 55.3 Å². The fourth-order valence-corrected chi connectivity index (χ4v) is 18.2. The summed E-state index contributed by atoms with van der Waals surface area (Å²) in [5, 5.41) is 6.25. The minimum absolute atomic E-state index is 0.0343. The van der Waals surface area contributed by atoms with Crippen molar-refractivity contribution in [2.24, 2.45) is 0 Å². The number of hydrogen-bond acceptors (Lipinski definition) is 2. The van der Waals surface area contributed by atoms with Crippen LogP contribution in [0.2, 0.25) is 0 Å². The fourth-order valence-electron chi connectivity index (χ4n) is 8.86. The average molecular weight is 903 g/mol. The zero-order valence-corrected chi connectivity index (χ0v) is 36.8. The van der Waals surface area contributed by atoms with E-state index >= 15 is 0 Å². The van der Waals surface area contributed by atoms with Crippen LogP contribution in [0, 0.1) is 23.3 Å². The first-order valence-corrected chi connectivity index (χ1v) is 25.4. The van der Waals surface area contributed by atoms with E-state index in [1.807, 2.05) is 84.9 Å². The Bertz CT molecular complexity index is 2740. The first-order valence-electron chi connectivity index (χ1n) is 21.0. The van der Waals surface area contributed by atoms with Crippen LogP contribution in [0.5, 0.6) is 11.5 Å². The van der Waals surface area contributed by atoms with E-state index in [2.05, 4.69) is 72.8 Å². The molecule has 0 heterocycles. The van der Waals surface area contributed by atoms with Crippen LogP contribution in [-0.2, 0) is 12.3 Å². The number of benzene rings is 8. The van der Waals surface area contributed by atoms with Crippen LogP contribution in [0.15, 0.2) is 194 Å². The van der Waals surface area contributed by atoms with Crippen molar-refractivity contribution >= 4 is 46.4 Å². The molecule has 0 amide bonds. The molecule has 0 saturated heterocycles. The Labute approximate surface area is 370 Å². The number of ether oxygens (including phenoxy) is 2. The standard InChI is InChI=1S/C54H46F6O2P2/c55-31-33-61-44-19-27-50(28-20-44)63(46-7-3-1-4-8-46,37-39-11-17-43(57)18-12-39)48-23-13-41(14-24-48)42-15-25-49(26-16-42)64(47-9-5-2-6-10-47,38-40-35-52(58)54(60)53(59)36-40)51-29-21-45(22-30-51)62-34-32-56/h1-30,35-36,63-64H,31-34,37-38H2. The second-order valence-electron chi connectivity index (χ2n) is 15.7. The van der Waals surface area contributed by atoms with Crippen LogP contribution in [0.25, 0.3) is 11.1 Å². The maximum atomic E-state index is 14.8. The normalized spacial score (nSPS) is 12.2. The van der Waals surface area contributed by atoms with Gasteiger partial charge in [0, 0.05) is 0 Å². The van der Waals surface area contributed by atoms with Crippen molar-refractivity contribution in [3.63, 3.8) is 0 Å². The zero-order valence-electron chi connectivity index (χ0n) is 34.8. The molecule has 0 unspecified atom stereocenters. The van der Waals surface area contributed by atoms with E-state index in [1.165, 1.54) is 17.4 Å². The van der Waals surface area contributed by atoms with Gasteiger partial charge >= 0.3 is 372 Å². The van der Waals surface area contributed by atoms with Gasteiger partial charge in [-0.3, -0.25) is 0 Å². The van der Waals surface area contributed by atoms with Crippen LogP contribution < -0.4 is 41.3 Å². The fraction of sp³-hybridized carbons (Fsp3) is 0.111. The van der Waals surface area contributed by atoms with Gasteiger partial charge in [-0.15, -0.1) is 0 Å². The van der Waals surface area contributed by atoms with Gasteiger partial charge in [0.05, 0.1) is 0 Å². The summed E-state index contributed by atoms with van der Waals surface area (Å²) in [6.45, 7) is -1.36.